The molecule has 2 aromatic heterocycles. The third kappa shape index (κ3) is 4.71. The number of hydrogen-bond donors (Lipinski definition) is 1. The number of ether oxygens (including phenoxy) is 1. The average molecular weight is 462 g/mol. The third-order valence-electron chi connectivity index (χ3n) is 5.96. The van der Waals surface area contributed by atoms with Crippen LogP contribution in [0.4, 0.5) is 9.18 Å². The van der Waals surface area contributed by atoms with Gasteiger partial charge in [0.15, 0.2) is 5.65 Å². The van der Waals surface area contributed by atoms with Crippen LogP contribution < -0.4 is 10.1 Å². The van der Waals surface area contributed by atoms with Crippen LogP contribution in [-0.2, 0) is 0 Å². The van der Waals surface area contributed by atoms with Crippen LogP contribution in [0.15, 0.2) is 67.1 Å². The second-order valence-electron chi connectivity index (χ2n) is 8.11. The van der Waals surface area contributed by atoms with Crippen molar-refractivity contribution in [2.45, 2.75) is 32.9 Å². The first-order valence-electron chi connectivity index (χ1n) is 11.2. The highest BCUT2D eigenvalue weighted by Gasteiger charge is 2.22. The van der Waals surface area contributed by atoms with Gasteiger partial charge in [0.25, 0.3) is 5.88 Å². The van der Waals surface area contributed by atoms with Crippen LogP contribution in [0.3, 0.4) is 0 Å². The number of halogens is 1. The molecule has 8 heteroatoms. The molecule has 0 bridgehead atoms. The molecule has 0 saturated carbocycles. The average Bonchev–Trinajstić information content (AvgIpc) is 3.32. The number of fused-ring (bicyclic) bond motifs is 1. The summed E-state index contributed by atoms with van der Waals surface area (Å²) in [5.74, 6) is 0.122. The van der Waals surface area contributed by atoms with Crippen LogP contribution in [-0.4, -0.2) is 39.0 Å². The van der Waals surface area contributed by atoms with E-state index in [-0.39, 0.29) is 23.9 Å². The molecule has 1 N–H and O–H groups in total. The van der Waals surface area contributed by atoms with E-state index in [1.807, 2.05) is 61.8 Å². The van der Waals surface area contributed by atoms with E-state index in [1.54, 1.807) is 30.3 Å². The Morgan fingerprint density at radius 1 is 1.18 bits per heavy atom. The van der Waals surface area contributed by atoms with Crippen LogP contribution >= 0.6 is 0 Å². The molecule has 4 rings (SSSR count). The minimum Gasteiger partial charge on any atom is -0.478 e. The molecule has 2 atom stereocenters. The summed E-state index contributed by atoms with van der Waals surface area (Å²) in [5.41, 5.74) is 3.98. The summed E-state index contributed by atoms with van der Waals surface area (Å²) in [6.45, 7) is 6.28. The smallest absolute Gasteiger partial charge is 0.318 e. The van der Waals surface area contributed by atoms with Gasteiger partial charge in [0.2, 0.25) is 0 Å². The summed E-state index contributed by atoms with van der Waals surface area (Å²) in [6.07, 6.45) is 5.45. The number of carbonyl (C=O) groups is 1. The molecule has 2 amide bonds. The number of rotatable bonds is 7. The Kier molecular flexibility index (Phi) is 6.77. The largest absolute Gasteiger partial charge is 0.478 e. The normalized spacial score (nSPS) is 12.9. The van der Waals surface area contributed by atoms with Gasteiger partial charge in [-0.25, -0.2) is 19.2 Å². The van der Waals surface area contributed by atoms with Gasteiger partial charge >= 0.3 is 6.03 Å². The molecule has 0 aliphatic carbocycles. The molecule has 0 radical (unpaired) electrons. The van der Waals surface area contributed by atoms with Crippen molar-refractivity contribution in [1.82, 2.24) is 24.6 Å². The molecule has 0 aliphatic heterocycles. The first-order chi connectivity index (χ1) is 16.4. The predicted molar refractivity (Wildman–Crippen MR) is 129 cm³/mol. The SMILES string of the molecule is CCN(C(=O)NC(C)c1cccc(F)c1)C(C)c1cccc(-c2cn3ccnc3c(OC)n2)c1. The number of urea groups is 1. The number of benzene rings is 2. The minimum atomic E-state index is -0.325. The second-order valence-corrected chi connectivity index (χ2v) is 8.11. The van der Waals surface area contributed by atoms with Crippen LogP contribution in [0.2, 0.25) is 0 Å². The van der Waals surface area contributed by atoms with Crippen LogP contribution in [0.5, 0.6) is 5.88 Å². The fourth-order valence-electron chi connectivity index (χ4n) is 4.04. The highest BCUT2D eigenvalue weighted by Crippen LogP contribution is 2.28. The first kappa shape index (κ1) is 23.2. The van der Waals surface area contributed by atoms with E-state index in [0.717, 1.165) is 16.8 Å². The Balaban J connectivity index is 1.56. The Bertz CT molecular complexity index is 1310. The van der Waals surface area contributed by atoms with Crippen molar-refractivity contribution in [2.24, 2.45) is 0 Å². The van der Waals surface area contributed by atoms with Crippen molar-refractivity contribution < 1.29 is 13.9 Å². The molecule has 34 heavy (non-hydrogen) atoms. The van der Waals surface area contributed by atoms with Gasteiger partial charge in [-0.3, -0.25) is 0 Å². The maximum atomic E-state index is 13.6. The summed E-state index contributed by atoms with van der Waals surface area (Å²) >= 11 is 0. The monoisotopic (exact) mass is 461 g/mol. The Morgan fingerprint density at radius 2 is 1.94 bits per heavy atom. The van der Waals surface area contributed by atoms with E-state index >= 15 is 0 Å². The first-order valence-corrected chi connectivity index (χ1v) is 11.2. The lowest BCUT2D eigenvalue weighted by Gasteiger charge is -2.30. The molecule has 7 nitrogen and oxygen atoms in total. The molecular weight excluding hydrogens is 433 g/mol. The van der Waals surface area contributed by atoms with Gasteiger partial charge in [0.05, 0.1) is 24.9 Å². The van der Waals surface area contributed by atoms with Gasteiger partial charge in [-0.2, -0.15) is 0 Å². The number of imidazole rings is 1. The molecule has 0 saturated heterocycles. The van der Waals surface area contributed by atoms with Crippen molar-refractivity contribution in [3.8, 4) is 17.1 Å². The van der Waals surface area contributed by atoms with Crippen LogP contribution in [0, 0.1) is 5.82 Å². The molecule has 0 spiro atoms. The lowest BCUT2D eigenvalue weighted by molar-refractivity contribution is 0.179. The van der Waals surface area contributed by atoms with Gasteiger partial charge in [-0.15, -0.1) is 0 Å². The zero-order valence-electron chi connectivity index (χ0n) is 19.7. The summed E-state index contributed by atoms with van der Waals surface area (Å²) in [4.78, 5) is 23.7. The zero-order chi connectivity index (χ0) is 24.2. The van der Waals surface area contributed by atoms with Crippen molar-refractivity contribution in [3.05, 3.63) is 84.1 Å². The van der Waals surface area contributed by atoms with Gasteiger partial charge in [-0.05, 0) is 50.1 Å². The fourth-order valence-corrected chi connectivity index (χ4v) is 4.04. The summed E-state index contributed by atoms with van der Waals surface area (Å²) < 4.78 is 20.9. The maximum absolute atomic E-state index is 13.6. The minimum absolute atomic E-state index is 0.191. The van der Waals surface area contributed by atoms with Gasteiger partial charge in [0, 0.05) is 30.7 Å². The molecule has 2 aromatic carbocycles. The molecule has 2 heterocycles. The summed E-state index contributed by atoms with van der Waals surface area (Å²) in [7, 11) is 1.57. The quantitative estimate of drug-likeness (QED) is 0.400. The predicted octanol–water partition coefficient (Wildman–Crippen LogP) is 5.40. The van der Waals surface area contributed by atoms with E-state index < -0.39 is 0 Å². The number of hydrogen-bond acceptors (Lipinski definition) is 4. The molecule has 2 unspecified atom stereocenters. The number of carbonyl (C=O) groups excluding carboxylic acids is 1. The molecule has 4 aromatic rings. The van der Waals surface area contributed by atoms with Crippen molar-refractivity contribution >= 4 is 11.7 Å². The van der Waals surface area contributed by atoms with Crippen molar-refractivity contribution in [1.29, 1.82) is 0 Å². The second kappa shape index (κ2) is 9.91. The van der Waals surface area contributed by atoms with Crippen molar-refractivity contribution in [3.63, 3.8) is 0 Å². The van der Waals surface area contributed by atoms with Crippen molar-refractivity contribution in [2.75, 3.05) is 13.7 Å². The Hall–Kier alpha value is -3.94. The number of aromatic nitrogens is 3. The van der Waals surface area contributed by atoms with E-state index in [1.165, 1.54) is 12.1 Å². The highest BCUT2D eigenvalue weighted by molar-refractivity contribution is 5.75. The lowest BCUT2D eigenvalue weighted by Crippen LogP contribution is -2.42. The highest BCUT2D eigenvalue weighted by atomic mass is 19.1. The summed E-state index contributed by atoms with van der Waals surface area (Å²) in [5, 5.41) is 2.98. The van der Waals surface area contributed by atoms with Gasteiger partial charge in [-0.1, -0.05) is 30.3 Å². The van der Waals surface area contributed by atoms with E-state index in [4.69, 9.17) is 4.74 Å². The third-order valence-corrected chi connectivity index (χ3v) is 5.96. The van der Waals surface area contributed by atoms with Crippen LogP contribution in [0.1, 0.15) is 44.0 Å². The number of nitrogens with one attached hydrogen (secondary N) is 1. The Morgan fingerprint density at radius 3 is 2.68 bits per heavy atom. The topological polar surface area (TPSA) is 71.8 Å². The summed E-state index contributed by atoms with van der Waals surface area (Å²) in [6, 6.07) is 13.5. The van der Waals surface area contributed by atoms with E-state index in [0.29, 0.717) is 23.6 Å². The maximum Gasteiger partial charge on any atom is 0.318 e. The fraction of sp³-hybridized carbons (Fsp3) is 0.269. The zero-order valence-corrected chi connectivity index (χ0v) is 19.7. The molecular formula is C26H28FN5O2. The number of methoxy groups -OCH3 is 1. The van der Waals surface area contributed by atoms with Crippen LogP contribution in [0.25, 0.3) is 16.9 Å². The standard InChI is InChI=1S/C26H28FN5O2/c1-5-32(26(33)29-17(2)19-8-7-11-22(27)15-19)18(3)20-9-6-10-21(14-20)23-16-31-13-12-28-24(31)25(30-23)34-4/h6-18H,5H2,1-4H3,(H,29,33). The molecule has 176 valence electrons. The van der Waals surface area contributed by atoms with Gasteiger partial charge < -0.3 is 19.4 Å². The number of nitrogens with zero attached hydrogens (tertiary/aromatic N) is 4. The number of amides is 2. The Labute approximate surface area is 198 Å². The van der Waals surface area contributed by atoms with E-state index in [2.05, 4.69) is 15.3 Å². The lowest BCUT2D eigenvalue weighted by atomic mass is 10.0. The molecule has 0 fully saturated rings. The van der Waals surface area contributed by atoms with E-state index in [9.17, 15) is 9.18 Å². The van der Waals surface area contributed by atoms with Gasteiger partial charge in [0.1, 0.15) is 5.82 Å². The molecule has 0 aliphatic rings.